The molecule has 0 spiro atoms. The highest BCUT2D eigenvalue weighted by Gasteiger charge is 2.55. The first-order valence-corrected chi connectivity index (χ1v) is 11.3. The summed E-state index contributed by atoms with van der Waals surface area (Å²) in [7, 11) is 0. The summed E-state index contributed by atoms with van der Waals surface area (Å²) in [4.78, 5) is 29.3. The number of aliphatic hydroxyl groups is 1. The van der Waals surface area contributed by atoms with Crippen LogP contribution in [0.15, 0.2) is 36.5 Å². The molecule has 2 amide bonds. The van der Waals surface area contributed by atoms with Crippen molar-refractivity contribution in [2.75, 3.05) is 6.61 Å². The van der Waals surface area contributed by atoms with E-state index in [9.17, 15) is 14.7 Å². The molecule has 172 valence electrons. The van der Waals surface area contributed by atoms with Crippen LogP contribution in [0.1, 0.15) is 48.2 Å². The first kappa shape index (κ1) is 23.3. The number of carbonyl (C=O) groups is 2. The Morgan fingerprint density at radius 3 is 2.52 bits per heavy atom. The minimum Gasteiger partial charge on any atom is -0.484 e. The molecule has 3 aliphatic rings. The van der Waals surface area contributed by atoms with E-state index in [0.717, 1.165) is 0 Å². The summed E-state index contributed by atoms with van der Waals surface area (Å²) in [5.74, 6) is -0.275. The second-order valence-electron chi connectivity index (χ2n) is 8.57. The predicted octanol–water partition coefficient (Wildman–Crippen LogP) is 3.00. The van der Waals surface area contributed by atoms with E-state index in [4.69, 9.17) is 33.2 Å². The van der Waals surface area contributed by atoms with Crippen LogP contribution in [0.5, 0.6) is 5.75 Å². The summed E-state index contributed by atoms with van der Waals surface area (Å²) in [5.41, 5.74) is -0.723. The SMILES string of the molecule is N#Cc1ccc(C(=O)NC23CCC(NC(=O)COc4ccc(Cl)c(Cl)c4)(CC2)[C@@H](O)C3)nc1. The molecule has 5 rings (SSSR count). The zero-order chi connectivity index (χ0) is 23.6. The highest BCUT2D eigenvalue weighted by Crippen LogP contribution is 2.47. The van der Waals surface area contributed by atoms with Crippen molar-refractivity contribution in [1.29, 1.82) is 5.26 Å². The topological polar surface area (TPSA) is 124 Å². The van der Waals surface area contributed by atoms with Crippen LogP contribution >= 0.6 is 23.2 Å². The van der Waals surface area contributed by atoms with Crippen molar-refractivity contribution >= 4 is 35.0 Å². The fourth-order valence-electron chi connectivity index (χ4n) is 4.59. The number of fused-ring (bicyclic) bond motifs is 3. The molecule has 2 aromatic rings. The van der Waals surface area contributed by atoms with E-state index in [1.165, 1.54) is 24.4 Å². The normalized spacial score (nSPS) is 25.7. The number of nitriles is 1. The predicted molar refractivity (Wildman–Crippen MR) is 121 cm³/mol. The molecule has 10 heteroatoms. The lowest BCUT2D eigenvalue weighted by molar-refractivity contribution is -0.132. The molecule has 3 saturated carbocycles. The number of hydrogen-bond donors (Lipinski definition) is 3. The quantitative estimate of drug-likeness (QED) is 0.573. The van der Waals surface area contributed by atoms with E-state index < -0.39 is 17.2 Å². The van der Waals surface area contributed by atoms with Gasteiger partial charge < -0.3 is 20.5 Å². The third-order valence-electron chi connectivity index (χ3n) is 6.47. The Labute approximate surface area is 200 Å². The zero-order valence-corrected chi connectivity index (χ0v) is 19.1. The molecule has 1 atom stereocenters. The van der Waals surface area contributed by atoms with Crippen LogP contribution in [0, 0.1) is 11.3 Å². The highest BCUT2D eigenvalue weighted by atomic mass is 35.5. The van der Waals surface area contributed by atoms with Gasteiger partial charge in [0.2, 0.25) is 0 Å². The van der Waals surface area contributed by atoms with Crippen molar-refractivity contribution in [3.05, 3.63) is 57.8 Å². The van der Waals surface area contributed by atoms with Gasteiger partial charge in [-0.2, -0.15) is 5.26 Å². The van der Waals surface area contributed by atoms with Gasteiger partial charge in [-0.3, -0.25) is 9.59 Å². The maximum Gasteiger partial charge on any atom is 0.270 e. The van der Waals surface area contributed by atoms with E-state index in [-0.39, 0.29) is 24.1 Å². The van der Waals surface area contributed by atoms with Gasteiger partial charge >= 0.3 is 0 Å². The number of nitrogens with zero attached hydrogens (tertiary/aromatic N) is 2. The van der Waals surface area contributed by atoms with Crippen molar-refractivity contribution in [2.24, 2.45) is 0 Å². The molecule has 8 nitrogen and oxygen atoms in total. The van der Waals surface area contributed by atoms with Gasteiger partial charge in [0, 0.05) is 17.8 Å². The Hall–Kier alpha value is -2.86. The number of amides is 2. The average molecular weight is 489 g/mol. The number of pyridine rings is 1. The van der Waals surface area contributed by atoms with Crippen LogP contribution < -0.4 is 15.4 Å². The van der Waals surface area contributed by atoms with Crippen LogP contribution in [-0.4, -0.2) is 45.7 Å². The Morgan fingerprint density at radius 1 is 1.15 bits per heavy atom. The molecule has 0 unspecified atom stereocenters. The Morgan fingerprint density at radius 2 is 1.91 bits per heavy atom. The minimum atomic E-state index is -0.817. The van der Waals surface area contributed by atoms with Gasteiger partial charge in [0.1, 0.15) is 17.5 Å². The average Bonchev–Trinajstić information content (AvgIpc) is 2.81. The standard InChI is InChI=1S/C23H22Cl2N4O4/c24-16-3-2-15(9-17(16)25)33-13-20(31)28-23-7-5-22(6-8-23,10-19(23)30)29-21(32)18-4-1-14(11-26)12-27-18/h1-4,9,12,19,30H,5-8,10,13H2,(H,28,31)(H,29,32)/t19-,22?,23?/m0/s1. The molecule has 1 heterocycles. The number of aromatic nitrogens is 1. The number of benzene rings is 1. The van der Waals surface area contributed by atoms with E-state index in [2.05, 4.69) is 15.6 Å². The van der Waals surface area contributed by atoms with Gasteiger partial charge in [0.15, 0.2) is 6.61 Å². The van der Waals surface area contributed by atoms with Crippen molar-refractivity contribution in [3.8, 4) is 11.8 Å². The first-order chi connectivity index (χ1) is 15.7. The van der Waals surface area contributed by atoms with Gasteiger partial charge in [-0.15, -0.1) is 0 Å². The molecule has 0 radical (unpaired) electrons. The van der Waals surface area contributed by atoms with Gasteiger partial charge in [0.25, 0.3) is 11.8 Å². The van der Waals surface area contributed by atoms with Crippen LogP contribution in [0.2, 0.25) is 10.0 Å². The van der Waals surface area contributed by atoms with Crippen molar-refractivity contribution in [1.82, 2.24) is 15.6 Å². The summed E-state index contributed by atoms with van der Waals surface area (Å²) >= 11 is 11.8. The molecule has 33 heavy (non-hydrogen) atoms. The van der Waals surface area contributed by atoms with E-state index in [1.807, 2.05) is 6.07 Å². The highest BCUT2D eigenvalue weighted by molar-refractivity contribution is 6.42. The first-order valence-electron chi connectivity index (χ1n) is 10.5. The second kappa shape index (κ2) is 9.18. The summed E-state index contributed by atoms with van der Waals surface area (Å²) < 4.78 is 5.50. The molecule has 0 aliphatic heterocycles. The van der Waals surface area contributed by atoms with E-state index in [0.29, 0.717) is 53.5 Å². The number of ether oxygens (including phenoxy) is 1. The summed E-state index contributed by atoms with van der Waals surface area (Å²) in [5, 5.41) is 26.5. The van der Waals surface area contributed by atoms with Gasteiger partial charge in [-0.1, -0.05) is 23.2 Å². The van der Waals surface area contributed by atoms with Crippen LogP contribution in [0.4, 0.5) is 0 Å². The number of rotatable bonds is 6. The van der Waals surface area contributed by atoms with Crippen molar-refractivity contribution in [3.63, 3.8) is 0 Å². The van der Waals surface area contributed by atoms with Crippen LogP contribution in [0.25, 0.3) is 0 Å². The number of carbonyl (C=O) groups excluding carboxylic acids is 2. The van der Waals surface area contributed by atoms with Gasteiger partial charge in [-0.25, -0.2) is 4.98 Å². The summed E-state index contributed by atoms with van der Waals surface area (Å²) in [6, 6.07) is 9.75. The van der Waals surface area contributed by atoms with Crippen LogP contribution in [-0.2, 0) is 4.79 Å². The molecule has 3 N–H and O–H groups in total. The molecule has 3 fully saturated rings. The number of halogens is 2. The minimum absolute atomic E-state index is 0.216. The number of hydrogen-bond acceptors (Lipinski definition) is 6. The molecular formula is C23H22Cl2N4O4. The fourth-order valence-corrected chi connectivity index (χ4v) is 4.88. The lowest BCUT2D eigenvalue weighted by Crippen LogP contribution is -2.70. The summed E-state index contributed by atoms with van der Waals surface area (Å²) in [6.07, 6.45) is 3.12. The van der Waals surface area contributed by atoms with Gasteiger partial charge in [0.05, 0.1) is 27.3 Å². The summed E-state index contributed by atoms with van der Waals surface area (Å²) in [6.45, 7) is -0.224. The molecule has 2 bridgehead atoms. The zero-order valence-electron chi connectivity index (χ0n) is 17.6. The van der Waals surface area contributed by atoms with Crippen molar-refractivity contribution in [2.45, 2.75) is 49.3 Å². The third-order valence-corrected chi connectivity index (χ3v) is 7.21. The molecular weight excluding hydrogens is 467 g/mol. The monoisotopic (exact) mass is 488 g/mol. The molecule has 1 aromatic heterocycles. The number of nitrogens with one attached hydrogen (secondary N) is 2. The maximum absolute atomic E-state index is 12.7. The van der Waals surface area contributed by atoms with Crippen molar-refractivity contribution < 1.29 is 19.4 Å². The van der Waals surface area contributed by atoms with E-state index in [1.54, 1.807) is 12.1 Å². The fraction of sp³-hybridized carbons (Fsp3) is 0.391. The largest absolute Gasteiger partial charge is 0.484 e. The van der Waals surface area contributed by atoms with E-state index >= 15 is 0 Å². The second-order valence-corrected chi connectivity index (χ2v) is 9.38. The Kier molecular flexibility index (Phi) is 6.48. The lowest BCUT2D eigenvalue weighted by Gasteiger charge is -2.56. The molecule has 1 aromatic carbocycles. The molecule has 3 aliphatic carbocycles. The van der Waals surface area contributed by atoms with Crippen LogP contribution in [0.3, 0.4) is 0 Å². The number of aliphatic hydroxyl groups excluding tert-OH is 1. The third kappa shape index (κ3) is 4.91. The van der Waals surface area contributed by atoms with Gasteiger partial charge in [-0.05, 0) is 56.4 Å². The Balaban J connectivity index is 1.34. The lowest BCUT2D eigenvalue weighted by atomic mass is 9.60. The smallest absolute Gasteiger partial charge is 0.270 e. The Bertz CT molecular complexity index is 1110. The maximum atomic E-state index is 12.7. The molecule has 0 saturated heterocycles.